The van der Waals surface area contributed by atoms with Gasteiger partial charge in [0.1, 0.15) is 17.5 Å². The predicted octanol–water partition coefficient (Wildman–Crippen LogP) is 2.33. The Morgan fingerprint density at radius 1 is 1.37 bits per heavy atom. The maximum Gasteiger partial charge on any atom is 0.135 e. The second-order valence-corrected chi connectivity index (χ2v) is 5.54. The van der Waals surface area contributed by atoms with E-state index in [-0.39, 0.29) is 5.92 Å². The average molecular weight is 264 g/mol. The molecule has 0 spiro atoms. The van der Waals surface area contributed by atoms with Crippen LogP contribution in [0.1, 0.15) is 44.0 Å². The zero-order valence-corrected chi connectivity index (χ0v) is 12.1. The van der Waals surface area contributed by atoms with Gasteiger partial charge in [-0.25, -0.2) is 9.97 Å². The minimum absolute atomic E-state index is 0.273. The molecule has 106 valence electrons. The summed E-state index contributed by atoms with van der Waals surface area (Å²) in [4.78, 5) is 8.82. The van der Waals surface area contributed by atoms with Crippen LogP contribution in [0.25, 0.3) is 0 Å². The van der Waals surface area contributed by atoms with Crippen LogP contribution >= 0.6 is 0 Å². The van der Waals surface area contributed by atoms with Crippen LogP contribution in [0, 0.1) is 12.8 Å². The zero-order chi connectivity index (χ0) is 13.8. The number of aromatic nitrogens is 2. The molecule has 0 aromatic carbocycles. The fourth-order valence-electron chi connectivity index (χ4n) is 1.76. The third-order valence-electron chi connectivity index (χ3n) is 3.31. The number of hydrogen-bond acceptors (Lipinski definition) is 5. The summed E-state index contributed by atoms with van der Waals surface area (Å²) in [6.07, 6.45) is 2.65. The molecule has 0 saturated heterocycles. The van der Waals surface area contributed by atoms with Gasteiger partial charge in [0, 0.05) is 24.6 Å². The van der Waals surface area contributed by atoms with Gasteiger partial charge in [0.05, 0.1) is 6.61 Å². The van der Waals surface area contributed by atoms with Gasteiger partial charge in [0.25, 0.3) is 0 Å². The van der Waals surface area contributed by atoms with Crippen molar-refractivity contribution in [3.8, 4) is 0 Å². The van der Waals surface area contributed by atoms with E-state index in [0.717, 1.165) is 36.3 Å². The molecule has 1 aliphatic rings. The highest BCUT2D eigenvalue weighted by Gasteiger charge is 2.20. The van der Waals surface area contributed by atoms with E-state index in [0.29, 0.717) is 12.4 Å². The first kappa shape index (κ1) is 14.1. The zero-order valence-electron chi connectivity index (χ0n) is 12.1. The normalized spacial score (nSPS) is 14.9. The maximum atomic E-state index is 5.92. The molecular formula is C14H24N4O. The van der Waals surface area contributed by atoms with Gasteiger partial charge in [-0.05, 0) is 25.7 Å². The van der Waals surface area contributed by atoms with E-state index in [1.807, 2.05) is 6.92 Å². The van der Waals surface area contributed by atoms with Crippen LogP contribution in [-0.2, 0) is 4.74 Å². The van der Waals surface area contributed by atoms with Gasteiger partial charge in [-0.15, -0.1) is 0 Å². The second-order valence-electron chi connectivity index (χ2n) is 5.54. The summed E-state index contributed by atoms with van der Waals surface area (Å²) < 4.78 is 5.59. The molecule has 1 saturated carbocycles. The third kappa shape index (κ3) is 4.06. The van der Waals surface area contributed by atoms with Crippen molar-refractivity contribution < 1.29 is 4.74 Å². The van der Waals surface area contributed by atoms with Gasteiger partial charge in [-0.1, -0.05) is 13.8 Å². The Balaban J connectivity index is 1.86. The van der Waals surface area contributed by atoms with Crippen LogP contribution in [-0.4, -0.2) is 29.7 Å². The summed E-state index contributed by atoms with van der Waals surface area (Å²) in [5.74, 6) is 3.24. The molecular weight excluding hydrogens is 240 g/mol. The number of anilines is 2. The number of ether oxygens (including phenoxy) is 1. The summed E-state index contributed by atoms with van der Waals surface area (Å²) in [6, 6.07) is 0. The molecule has 0 amide bonds. The Labute approximate surface area is 115 Å². The highest BCUT2D eigenvalue weighted by molar-refractivity contribution is 5.54. The molecule has 1 aromatic rings. The minimum atomic E-state index is 0.273. The van der Waals surface area contributed by atoms with Crippen molar-refractivity contribution in [2.24, 2.45) is 5.92 Å². The SMILES string of the molecule is Cc1c(N)nc(C(C)C)nc1NCCOCC1CC1. The summed E-state index contributed by atoms with van der Waals surface area (Å²) in [7, 11) is 0. The first-order chi connectivity index (χ1) is 9.08. The molecule has 2 rings (SSSR count). The molecule has 1 fully saturated rings. The molecule has 3 N–H and O–H groups in total. The highest BCUT2D eigenvalue weighted by atomic mass is 16.5. The van der Waals surface area contributed by atoms with Crippen LogP contribution in [0.4, 0.5) is 11.6 Å². The van der Waals surface area contributed by atoms with Crippen molar-refractivity contribution in [3.05, 3.63) is 11.4 Å². The molecule has 5 nitrogen and oxygen atoms in total. The lowest BCUT2D eigenvalue weighted by atomic mass is 10.2. The first-order valence-corrected chi connectivity index (χ1v) is 7.03. The molecule has 0 atom stereocenters. The lowest BCUT2D eigenvalue weighted by Crippen LogP contribution is -2.15. The first-order valence-electron chi connectivity index (χ1n) is 7.03. The van der Waals surface area contributed by atoms with E-state index in [9.17, 15) is 0 Å². The van der Waals surface area contributed by atoms with Gasteiger partial charge < -0.3 is 15.8 Å². The topological polar surface area (TPSA) is 73.1 Å². The van der Waals surface area contributed by atoms with E-state index in [1.165, 1.54) is 12.8 Å². The molecule has 0 bridgehead atoms. The Hall–Kier alpha value is -1.36. The molecule has 19 heavy (non-hydrogen) atoms. The standard InChI is InChI=1S/C14H24N4O/c1-9(2)13-17-12(15)10(3)14(18-13)16-6-7-19-8-11-4-5-11/h9,11H,4-8H2,1-3H3,(H3,15,16,17,18). The smallest absolute Gasteiger partial charge is 0.135 e. The van der Waals surface area contributed by atoms with Gasteiger partial charge in [-0.3, -0.25) is 0 Å². The van der Waals surface area contributed by atoms with Gasteiger partial charge in [0.2, 0.25) is 0 Å². The van der Waals surface area contributed by atoms with Crippen LogP contribution in [0.2, 0.25) is 0 Å². The largest absolute Gasteiger partial charge is 0.383 e. The summed E-state index contributed by atoms with van der Waals surface area (Å²) in [5.41, 5.74) is 6.82. The van der Waals surface area contributed by atoms with E-state index in [4.69, 9.17) is 10.5 Å². The third-order valence-corrected chi connectivity index (χ3v) is 3.31. The van der Waals surface area contributed by atoms with Crippen molar-refractivity contribution in [1.29, 1.82) is 0 Å². The molecule has 1 aromatic heterocycles. The second kappa shape index (κ2) is 6.19. The highest BCUT2D eigenvalue weighted by Crippen LogP contribution is 2.28. The van der Waals surface area contributed by atoms with Gasteiger partial charge in [-0.2, -0.15) is 0 Å². The Bertz CT molecular complexity index is 430. The molecule has 0 unspecified atom stereocenters. The molecule has 5 heteroatoms. The Morgan fingerprint density at radius 2 is 2.11 bits per heavy atom. The van der Waals surface area contributed by atoms with E-state index in [2.05, 4.69) is 29.1 Å². The quantitative estimate of drug-likeness (QED) is 0.739. The fraction of sp³-hybridized carbons (Fsp3) is 0.714. The van der Waals surface area contributed by atoms with Crippen molar-refractivity contribution in [3.63, 3.8) is 0 Å². The van der Waals surface area contributed by atoms with E-state index < -0.39 is 0 Å². The monoisotopic (exact) mass is 264 g/mol. The Morgan fingerprint density at radius 3 is 2.74 bits per heavy atom. The molecule has 1 heterocycles. The molecule has 0 radical (unpaired) electrons. The Kier molecular flexibility index (Phi) is 4.58. The van der Waals surface area contributed by atoms with Gasteiger partial charge >= 0.3 is 0 Å². The summed E-state index contributed by atoms with van der Waals surface area (Å²) in [5, 5.41) is 3.29. The molecule has 0 aliphatic heterocycles. The lowest BCUT2D eigenvalue weighted by Gasteiger charge is -2.13. The lowest BCUT2D eigenvalue weighted by molar-refractivity contribution is 0.134. The molecule has 1 aliphatic carbocycles. The van der Waals surface area contributed by atoms with E-state index >= 15 is 0 Å². The predicted molar refractivity (Wildman–Crippen MR) is 77.3 cm³/mol. The van der Waals surface area contributed by atoms with Crippen LogP contribution in [0.3, 0.4) is 0 Å². The summed E-state index contributed by atoms with van der Waals surface area (Å²) in [6.45, 7) is 8.41. The summed E-state index contributed by atoms with van der Waals surface area (Å²) >= 11 is 0. The van der Waals surface area contributed by atoms with Gasteiger partial charge in [0.15, 0.2) is 0 Å². The van der Waals surface area contributed by atoms with Crippen molar-refractivity contribution in [2.75, 3.05) is 30.8 Å². The van der Waals surface area contributed by atoms with Crippen molar-refractivity contribution in [1.82, 2.24) is 9.97 Å². The number of rotatable bonds is 7. The number of nitrogen functional groups attached to an aromatic ring is 1. The van der Waals surface area contributed by atoms with Crippen LogP contribution < -0.4 is 11.1 Å². The van der Waals surface area contributed by atoms with Crippen molar-refractivity contribution in [2.45, 2.75) is 39.5 Å². The fourth-order valence-corrected chi connectivity index (χ4v) is 1.76. The average Bonchev–Trinajstić information content (AvgIpc) is 3.17. The number of nitrogens with two attached hydrogens (primary N) is 1. The van der Waals surface area contributed by atoms with Crippen molar-refractivity contribution >= 4 is 11.6 Å². The number of nitrogens with zero attached hydrogens (tertiary/aromatic N) is 2. The number of nitrogens with one attached hydrogen (secondary N) is 1. The van der Waals surface area contributed by atoms with E-state index in [1.54, 1.807) is 0 Å². The number of hydrogen-bond donors (Lipinski definition) is 2. The maximum absolute atomic E-state index is 5.92. The minimum Gasteiger partial charge on any atom is -0.383 e. The van der Waals surface area contributed by atoms with Crippen LogP contribution in [0.5, 0.6) is 0 Å². The van der Waals surface area contributed by atoms with Crippen LogP contribution in [0.15, 0.2) is 0 Å².